The number of unbranched alkanes of at least 4 members (excludes halogenated alkanes) is 1. The van der Waals surface area contributed by atoms with Crippen molar-refractivity contribution in [1.82, 2.24) is 19.6 Å². The van der Waals surface area contributed by atoms with E-state index in [4.69, 9.17) is 0 Å². The van der Waals surface area contributed by atoms with Gasteiger partial charge in [-0.15, -0.1) is 5.10 Å². The number of hydrogen-bond acceptors (Lipinski definition) is 4. The Morgan fingerprint density at radius 2 is 1.38 bits per heavy atom. The van der Waals surface area contributed by atoms with Gasteiger partial charge in [0, 0.05) is 34.9 Å². The predicted molar refractivity (Wildman–Crippen MR) is 131 cm³/mol. The lowest BCUT2D eigenvalue weighted by molar-refractivity contribution is -0.114. The van der Waals surface area contributed by atoms with E-state index in [0.29, 0.717) is 30.9 Å². The van der Waals surface area contributed by atoms with Crippen LogP contribution in [0.3, 0.4) is 0 Å². The summed E-state index contributed by atoms with van der Waals surface area (Å²) < 4.78 is 4.14. The van der Waals surface area contributed by atoms with Crippen LogP contribution >= 0.6 is 0 Å². The van der Waals surface area contributed by atoms with E-state index < -0.39 is 11.7 Å². The van der Waals surface area contributed by atoms with Crippen LogP contribution in [0.4, 0.5) is 5.69 Å². The molecule has 7 heteroatoms. The lowest BCUT2D eigenvalue weighted by Crippen LogP contribution is -2.30. The van der Waals surface area contributed by atoms with Gasteiger partial charge in [-0.25, -0.2) is 0 Å². The summed E-state index contributed by atoms with van der Waals surface area (Å²) in [5.41, 5.74) is 4.48. The number of carbonyl (C=O) groups excluding carboxylic acids is 2. The number of ketones is 1. The van der Waals surface area contributed by atoms with Gasteiger partial charge in [0.2, 0.25) is 0 Å². The van der Waals surface area contributed by atoms with Crippen LogP contribution < -0.4 is 4.90 Å². The number of hydrogen-bond donors (Lipinski definition) is 0. The van der Waals surface area contributed by atoms with E-state index in [2.05, 4.69) is 63.4 Å². The van der Waals surface area contributed by atoms with Crippen molar-refractivity contribution >= 4 is 39.2 Å². The van der Waals surface area contributed by atoms with Gasteiger partial charge in [0.25, 0.3) is 11.7 Å². The highest BCUT2D eigenvalue weighted by Gasteiger charge is 2.34. The van der Waals surface area contributed by atoms with Gasteiger partial charge in [0.05, 0.1) is 24.0 Å². The number of para-hydroxylation sites is 3. The van der Waals surface area contributed by atoms with E-state index in [0.717, 1.165) is 18.5 Å². The first-order valence-electron chi connectivity index (χ1n) is 11.5. The molecule has 1 amide bonds. The molecular weight excluding hydrogens is 426 g/mol. The maximum atomic E-state index is 12.3. The normalized spacial score (nSPS) is 13.4. The van der Waals surface area contributed by atoms with Gasteiger partial charge >= 0.3 is 0 Å². The molecule has 0 saturated carbocycles. The topological polar surface area (TPSA) is 73.0 Å². The highest BCUT2D eigenvalue weighted by molar-refractivity contribution is 6.52. The SMILES string of the molecule is O=C1C(=O)N(CCCCn2cc(Cn3c4ccccc4c4ccccc43)nn2)c2ccccc21. The maximum absolute atomic E-state index is 12.3. The average molecular weight is 450 g/mol. The summed E-state index contributed by atoms with van der Waals surface area (Å²) in [7, 11) is 0. The molecule has 0 bridgehead atoms. The van der Waals surface area contributed by atoms with Crippen molar-refractivity contribution in [2.45, 2.75) is 25.9 Å². The van der Waals surface area contributed by atoms with Crippen molar-refractivity contribution in [3.63, 3.8) is 0 Å². The van der Waals surface area contributed by atoms with Gasteiger partial charge in [-0.05, 0) is 37.1 Å². The van der Waals surface area contributed by atoms with Gasteiger partial charge < -0.3 is 9.47 Å². The lowest BCUT2D eigenvalue weighted by atomic mass is 10.1. The minimum absolute atomic E-state index is 0.415. The summed E-state index contributed by atoms with van der Waals surface area (Å²) in [5.74, 6) is -0.850. The monoisotopic (exact) mass is 449 g/mol. The Labute approximate surface area is 196 Å². The van der Waals surface area contributed by atoms with Crippen molar-refractivity contribution in [3.05, 3.63) is 90.3 Å². The van der Waals surface area contributed by atoms with Crippen molar-refractivity contribution in [3.8, 4) is 0 Å². The molecule has 0 N–H and O–H groups in total. The predicted octanol–water partition coefficient (Wildman–Crippen LogP) is 4.44. The van der Waals surface area contributed by atoms with E-state index in [1.807, 2.05) is 23.0 Å². The maximum Gasteiger partial charge on any atom is 0.299 e. The number of nitrogens with zero attached hydrogens (tertiary/aromatic N) is 5. The number of fused-ring (bicyclic) bond motifs is 4. The standard InChI is InChI=1S/C27H23N5O2/c33-26-22-11-3-6-14-25(22)31(27(26)34)16-8-7-15-30-17-19(28-29-30)18-32-23-12-4-1-9-20(23)21-10-2-5-13-24(21)32/h1-6,9-14,17H,7-8,15-16,18H2. The number of Topliss-reactive ketones (excluding diaryl/α,β-unsaturated/α-hetero) is 1. The van der Waals surface area contributed by atoms with E-state index in [9.17, 15) is 9.59 Å². The molecule has 1 aliphatic rings. The minimum atomic E-state index is -0.435. The molecule has 5 aromatic rings. The summed E-state index contributed by atoms with van der Waals surface area (Å²) >= 11 is 0. The Balaban J connectivity index is 1.12. The molecule has 7 nitrogen and oxygen atoms in total. The van der Waals surface area contributed by atoms with E-state index in [1.54, 1.807) is 17.0 Å². The van der Waals surface area contributed by atoms with Crippen LogP contribution in [0.15, 0.2) is 79.0 Å². The Morgan fingerprint density at radius 1 is 0.735 bits per heavy atom. The second-order valence-electron chi connectivity index (χ2n) is 8.60. The molecule has 1 aliphatic heterocycles. The molecule has 0 saturated heterocycles. The fourth-order valence-corrected chi connectivity index (χ4v) is 4.87. The van der Waals surface area contributed by atoms with Crippen molar-refractivity contribution in [1.29, 1.82) is 0 Å². The van der Waals surface area contributed by atoms with Crippen LogP contribution in [0.25, 0.3) is 21.8 Å². The van der Waals surface area contributed by atoms with E-state index >= 15 is 0 Å². The Bertz CT molecular complexity index is 1490. The molecule has 6 rings (SSSR count). The van der Waals surface area contributed by atoms with Gasteiger partial charge in [-0.2, -0.15) is 0 Å². The third kappa shape index (κ3) is 3.37. The molecule has 0 unspecified atom stereocenters. The Hall–Kier alpha value is -4.26. The van der Waals surface area contributed by atoms with Crippen LogP contribution in [0.5, 0.6) is 0 Å². The van der Waals surface area contributed by atoms with Crippen molar-refractivity contribution in [2.24, 2.45) is 0 Å². The highest BCUT2D eigenvalue weighted by atomic mass is 16.2. The summed E-state index contributed by atoms with van der Waals surface area (Å²) in [4.78, 5) is 26.0. The third-order valence-corrected chi connectivity index (χ3v) is 6.48. The van der Waals surface area contributed by atoms with Crippen molar-refractivity contribution in [2.75, 3.05) is 11.4 Å². The number of aromatic nitrogens is 4. The molecule has 0 aliphatic carbocycles. The smallest absolute Gasteiger partial charge is 0.299 e. The fraction of sp³-hybridized carbons (Fsp3) is 0.185. The van der Waals surface area contributed by atoms with Gasteiger partial charge in [-0.3, -0.25) is 14.3 Å². The molecule has 2 aromatic heterocycles. The number of aryl methyl sites for hydroxylation is 1. The molecule has 3 aromatic carbocycles. The highest BCUT2D eigenvalue weighted by Crippen LogP contribution is 2.30. The van der Waals surface area contributed by atoms with Crippen LogP contribution in [-0.4, -0.2) is 37.8 Å². The summed E-state index contributed by atoms with van der Waals surface area (Å²) in [6, 6.07) is 24.0. The van der Waals surface area contributed by atoms with Gasteiger partial charge in [0.1, 0.15) is 5.69 Å². The molecule has 168 valence electrons. The zero-order valence-electron chi connectivity index (χ0n) is 18.6. The Morgan fingerprint density at radius 3 is 2.15 bits per heavy atom. The summed E-state index contributed by atoms with van der Waals surface area (Å²) in [6.07, 6.45) is 3.59. The molecule has 0 radical (unpaired) electrons. The average Bonchev–Trinajstić information content (AvgIpc) is 3.53. The largest absolute Gasteiger partial charge is 0.334 e. The van der Waals surface area contributed by atoms with Gasteiger partial charge in [0.15, 0.2) is 0 Å². The summed E-state index contributed by atoms with van der Waals surface area (Å²) in [6.45, 7) is 1.87. The second kappa shape index (κ2) is 8.26. The van der Waals surface area contributed by atoms with Crippen LogP contribution in [-0.2, 0) is 17.9 Å². The quantitative estimate of drug-likeness (QED) is 0.272. The van der Waals surface area contributed by atoms with Crippen LogP contribution in [0.2, 0.25) is 0 Å². The van der Waals surface area contributed by atoms with E-state index in [-0.39, 0.29) is 0 Å². The first kappa shape index (κ1) is 20.4. The zero-order chi connectivity index (χ0) is 23.1. The fourth-order valence-electron chi connectivity index (χ4n) is 4.87. The van der Waals surface area contributed by atoms with Crippen molar-refractivity contribution < 1.29 is 9.59 Å². The molecule has 0 atom stereocenters. The number of carbonyl (C=O) groups is 2. The second-order valence-corrected chi connectivity index (χ2v) is 8.60. The molecule has 0 fully saturated rings. The van der Waals surface area contributed by atoms with Crippen LogP contribution in [0.1, 0.15) is 28.9 Å². The van der Waals surface area contributed by atoms with Crippen LogP contribution in [0, 0.1) is 0 Å². The zero-order valence-corrected chi connectivity index (χ0v) is 18.6. The number of amides is 1. The third-order valence-electron chi connectivity index (χ3n) is 6.48. The minimum Gasteiger partial charge on any atom is -0.334 e. The Kier molecular flexibility index (Phi) is 4.95. The summed E-state index contributed by atoms with van der Waals surface area (Å²) in [5, 5.41) is 11.2. The number of benzene rings is 3. The van der Waals surface area contributed by atoms with Gasteiger partial charge in [-0.1, -0.05) is 53.7 Å². The molecule has 3 heterocycles. The first-order chi connectivity index (χ1) is 16.7. The van der Waals surface area contributed by atoms with E-state index in [1.165, 1.54) is 21.8 Å². The number of rotatable bonds is 7. The molecular formula is C27H23N5O2. The number of anilines is 1. The lowest BCUT2D eigenvalue weighted by Gasteiger charge is -2.16. The first-order valence-corrected chi connectivity index (χ1v) is 11.5. The molecule has 0 spiro atoms. The molecule has 34 heavy (non-hydrogen) atoms.